The van der Waals surface area contributed by atoms with Crippen LogP contribution in [-0.4, -0.2) is 80.4 Å². The van der Waals surface area contributed by atoms with Crippen molar-refractivity contribution in [1.29, 1.82) is 0 Å². The maximum atomic E-state index is 13.3. The molecule has 7 nitrogen and oxygen atoms in total. The second kappa shape index (κ2) is 7.44. The molecule has 0 bridgehead atoms. The molecule has 0 aromatic carbocycles. The maximum absolute atomic E-state index is 13.3. The van der Waals surface area contributed by atoms with E-state index in [9.17, 15) is 30.0 Å². The van der Waals surface area contributed by atoms with E-state index in [4.69, 9.17) is 0 Å². The zero-order chi connectivity index (χ0) is 23.1. The smallest absolute Gasteiger partial charge is 0.159 e. The molecule has 9 unspecified atom stereocenters. The normalized spacial score (nSPS) is 51.1. The van der Waals surface area contributed by atoms with Crippen molar-refractivity contribution in [1.82, 2.24) is 4.90 Å². The van der Waals surface area contributed by atoms with Gasteiger partial charge in [0.25, 0.3) is 0 Å². The summed E-state index contributed by atoms with van der Waals surface area (Å²) in [5.41, 5.74) is -1.57. The second-order valence-electron chi connectivity index (χ2n) is 11.7. The van der Waals surface area contributed by atoms with Gasteiger partial charge in [-0.3, -0.25) is 14.5 Å². The van der Waals surface area contributed by atoms with Gasteiger partial charge in [-0.15, -0.1) is 0 Å². The van der Waals surface area contributed by atoms with E-state index in [-0.39, 0.29) is 41.8 Å². The van der Waals surface area contributed by atoms with Crippen molar-refractivity contribution in [3.05, 3.63) is 11.6 Å². The van der Waals surface area contributed by atoms with Crippen molar-refractivity contribution in [2.24, 2.45) is 28.6 Å². The van der Waals surface area contributed by atoms with E-state index in [1.807, 2.05) is 18.7 Å². The van der Waals surface area contributed by atoms with E-state index < -0.39 is 28.6 Å². The van der Waals surface area contributed by atoms with Gasteiger partial charge in [-0.25, -0.2) is 0 Å². The fraction of sp³-hybridized carbons (Fsp3) is 0.840. The molecule has 1 heterocycles. The molecule has 4 N–H and O–H groups in total. The van der Waals surface area contributed by atoms with Gasteiger partial charge in [0.1, 0.15) is 0 Å². The van der Waals surface area contributed by atoms with Crippen molar-refractivity contribution in [3.63, 3.8) is 0 Å². The summed E-state index contributed by atoms with van der Waals surface area (Å²) < 4.78 is 0. The van der Waals surface area contributed by atoms with E-state index in [1.54, 1.807) is 6.08 Å². The Bertz CT molecular complexity index is 857. The minimum Gasteiger partial charge on any atom is -0.392 e. The third kappa shape index (κ3) is 3.04. The molecule has 9 atom stereocenters. The first-order valence-electron chi connectivity index (χ1n) is 12.3. The lowest BCUT2D eigenvalue weighted by molar-refractivity contribution is -0.154. The number of hydrogen-bond acceptors (Lipinski definition) is 7. The Morgan fingerprint density at radius 1 is 1.09 bits per heavy atom. The van der Waals surface area contributed by atoms with Gasteiger partial charge in [0.05, 0.1) is 30.5 Å². The molecule has 0 spiro atoms. The summed E-state index contributed by atoms with van der Waals surface area (Å²) in [6.07, 6.45) is 3.32. The summed E-state index contributed by atoms with van der Waals surface area (Å²) in [5, 5.41) is 42.5. The van der Waals surface area contributed by atoms with Gasteiger partial charge in [0, 0.05) is 30.3 Å². The number of allylic oxidation sites excluding steroid dienone is 1. The van der Waals surface area contributed by atoms with Crippen molar-refractivity contribution < 1.29 is 30.0 Å². The van der Waals surface area contributed by atoms with Gasteiger partial charge in [0.15, 0.2) is 11.6 Å². The SMILES string of the molecule is CC12CC(O)C(O)CC1C(=O)C=C1C2CCC2(C)C(C(=O)CN3CCC(O)C3)CCC12O. The van der Waals surface area contributed by atoms with Gasteiger partial charge in [-0.05, 0) is 67.9 Å². The van der Waals surface area contributed by atoms with E-state index in [0.29, 0.717) is 45.2 Å². The Kier molecular flexibility index (Phi) is 5.27. The molecule has 5 aliphatic rings. The van der Waals surface area contributed by atoms with Crippen molar-refractivity contribution in [2.75, 3.05) is 19.6 Å². The molecule has 178 valence electrons. The lowest BCUT2D eigenvalue weighted by Crippen LogP contribution is -2.61. The number of rotatable bonds is 3. The van der Waals surface area contributed by atoms with Crippen LogP contribution < -0.4 is 0 Å². The number of aliphatic hydroxyl groups excluding tert-OH is 3. The molecule has 7 heteroatoms. The van der Waals surface area contributed by atoms with Gasteiger partial charge in [-0.2, -0.15) is 0 Å². The molecule has 0 radical (unpaired) electrons. The quantitative estimate of drug-likeness (QED) is 0.506. The average Bonchev–Trinajstić information content (AvgIpc) is 3.24. The highest BCUT2D eigenvalue weighted by Crippen LogP contribution is 2.67. The molecule has 4 fully saturated rings. The molecule has 0 aromatic heterocycles. The summed E-state index contributed by atoms with van der Waals surface area (Å²) in [6, 6.07) is 0. The first kappa shape index (κ1) is 22.7. The molecular formula is C25H37NO6. The number of hydrogen-bond donors (Lipinski definition) is 4. The lowest BCUT2D eigenvalue weighted by Gasteiger charge is -2.59. The number of nitrogens with zero attached hydrogens (tertiary/aromatic N) is 1. The topological polar surface area (TPSA) is 118 Å². The standard InChI is InChI=1S/C25H37NO6/c1-23-11-21(30)20(29)10-18(23)19(28)9-17-15(23)3-6-24(2)16(4-7-25(17,24)32)22(31)13-26-8-5-14(27)12-26/h9,14-16,18,20-21,27,29-30,32H,3-8,10-13H2,1-2H3. The highest BCUT2D eigenvalue weighted by atomic mass is 16.3. The Morgan fingerprint density at radius 2 is 1.84 bits per heavy atom. The van der Waals surface area contributed by atoms with Gasteiger partial charge >= 0.3 is 0 Å². The van der Waals surface area contributed by atoms with E-state index in [2.05, 4.69) is 0 Å². The molecule has 1 aliphatic heterocycles. The fourth-order valence-corrected chi connectivity index (χ4v) is 8.17. The van der Waals surface area contributed by atoms with E-state index in [1.165, 1.54) is 0 Å². The number of β-amino-alcohol motifs (C(OH)–C–C–N with tert-alkyl or cyclic N) is 1. The van der Waals surface area contributed by atoms with Crippen LogP contribution in [0.4, 0.5) is 0 Å². The van der Waals surface area contributed by atoms with Gasteiger partial charge in [0.2, 0.25) is 0 Å². The van der Waals surface area contributed by atoms with Crippen LogP contribution in [0.3, 0.4) is 0 Å². The molecular weight excluding hydrogens is 410 g/mol. The number of fused-ring (bicyclic) bond motifs is 5. The van der Waals surface area contributed by atoms with Crippen LogP contribution in [0.5, 0.6) is 0 Å². The number of ketones is 2. The zero-order valence-electron chi connectivity index (χ0n) is 19.2. The second-order valence-corrected chi connectivity index (χ2v) is 11.7. The Balaban J connectivity index is 1.44. The lowest BCUT2D eigenvalue weighted by atomic mass is 9.46. The number of Topliss-reactive ketones (excluding diaryl/α,β-unsaturated/α-hetero) is 1. The maximum Gasteiger partial charge on any atom is 0.159 e. The third-order valence-corrected chi connectivity index (χ3v) is 10.1. The fourth-order valence-electron chi connectivity index (χ4n) is 8.17. The van der Waals surface area contributed by atoms with Crippen molar-refractivity contribution in [2.45, 2.75) is 82.7 Å². The summed E-state index contributed by atoms with van der Waals surface area (Å²) in [4.78, 5) is 28.5. The van der Waals surface area contributed by atoms with Gasteiger partial charge in [-0.1, -0.05) is 13.8 Å². The highest BCUT2D eigenvalue weighted by Gasteiger charge is 2.67. The predicted octanol–water partition coefficient (Wildman–Crippen LogP) is 0.827. The average molecular weight is 448 g/mol. The third-order valence-electron chi connectivity index (χ3n) is 10.1. The van der Waals surface area contributed by atoms with Crippen molar-refractivity contribution >= 4 is 11.6 Å². The molecule has 5 rings (SSSR count). The number of likely N-dealkylation sites (tertiary alicyclic amines) is 1. The largest absolute Gasteiger partial charge is 0.392 e. The van der Waals surface area contributed by atoms with Crippen LogP contribution in [0.15, 0.2) is 11.6 Å². The summed E-state index contributed by atoms with van der Waals surface area (Å²) in [5.74, 6) is -0.593. The monoisotopic (exact) mass is 447 g/mol. The molecule has 0 aromatic rings. The Hall–Kier alpha value is -1.12. The first-order valence-corrected chi connectivity index (χ1v) is 12.3. The predicted molar refractivity (Wildman–Crippen MR) is 117 cm³/mol. The molecule has 0 amide bonds. The molecule has 4 aliphatic carbocycles. The molecule has 3 saturated carbocycles. The molecule has 1 saturated heterocycles. The Morgan fingerprint density at radius 3 is 2.53 bits per heavy atom. The van der Waals surface area contributed by atoms with Crippen LogP contribution in [0.25, 0.3) is 0 Å². The van der Waals surface area contributed by atoms with Crippen LogP contribution in [0, 0.1) is 28.6 Å². The Labute approximate surface area is 189 Å². The number of carbonyl (C=O) groups is 2. The van der Waals surface area contributed by atoms with Crippen LogP contribution in [0.2, 0.25) is 0 Å². The van der Waals surface area contributed by atoms with E-state index >= 15 is 0 Å². The van der Waals surface area contributed by atoms with Crippen LogP contribution in [0.1, 0.15) is 58.8 Å². The van der Waals surface area contributed by atoms with Crippen LogP contribution >= 0.6 is 0 Å². The highest BCUT2D eigenvalue weighted by molar-refractivity contribution is 5.95. The number of aliphatic hydroxyl groups is 4. The summed E-state index contributed by atoms with van der Waals surface area (Å²) in [7, 11) is 0. The van der Waals surface area contributed by atoms with Gasteiger partial charge < -0.3 is 20.4 Å². The minimum atomic E-state index is -1.20. The minimum absolute atomic E-state index is 0.0343. The number of carbonyl (C=O) groups excluding carboxylic acids is 2. The summed E-state index contributed by atoms with van der Waals surface area (Å²) >= 11 is 0. The zero-order valence-corrected chi connectivity index (χ0v) is 19.2. The molecule has 32 heavy (non-hydrogen) atoms. The van der Waals surface area contributed by atoms with Crippen molar-refractivity contribution in [3.8, 4) is 0 Å². The van der Waals surface area contributed by atoms with Crippen LogP contribution in [-0.2, 0) is 9.59 Å². The first-order chi connectivity index (χ1) is 15.0. The van der Waals surface area contributed by atoms with E-state index in [0.717, 1.165) is 18.5 Å². The summed E-state index contributed by atoms with van der Waals surface area (Å²) in [6.45, 7) is 5.59.